The number of benzene rings is 1. The second kappa shape index (κ2) is 8.27. The molecule has 152 valence electrons. The van der Waals surface area contributed by atoms with Gasteiger partial charge in [0.15, 0.2) is 11.5 Å². The lowest BCUT2D eigenvalue weighted by atomic mass is 9.91. The highest BCUT2D eigenvalue weighted by Gasteiger charge is 2.30. The summed E-state index contributed by atoms with van der Waals surface area (Å²) >= 11 is 0. The van der Waals surface area contributed by atoms with Gasteiger partial charge in [0.2, 0.25) is 0 Å². The van der Waals surface area contributed by atoms with Crippen molar-refractivity contribution in [1.29, 1.82) is 0 Å². The molecule has 1 atom stereocenters. The van der Waals surface area contributed by atoms with E-state index >= 15 is 0 Å². The number of ether oxygens (including phenoxy) is 2. The van der Waals surface area contributed by atoms with Crippen LogP contribution in [-0.4, -0.2) is 48.2 Å². The molecule has 1 aliphatic rings. The molecule has 0 saturated heterocycles. The van der Waals surface area contributed by atoms with Gasteiger partial charge in [0.05, 0.1) is 14.2 Å². The van der Waals surface area contributed by atoms with Crippen LogP contribution in [0.3, 0.4) is 0 Å². The number of hydrogen-bond donors (Lipinski definition) is 1. The molecule has 3 rings (SSSR count). The first-order valence-electron chi connectivity index (χ1n) is 9.78. The van der Waals surface area contributed by atoms with E-state index in [1.807, 2.05) is 11.0 Å². The Morgan fingerprint density at radius 1 is 1.18 bits per heavy atom. The summed E-state index contributed by atoms with van der Waals surface area (Å²) in [6.07, 6.45) is 5.40. The maximum atomic E-state index is 13.0. The predicted octanol–water partition coefficient (Wildman–Crippen LogP) is 2.78. The molecular weight excluding hydrogens is 354 g/mol. The molecule has 6 heteroatoms. The minimum absolute atomic E-state index is 0.0421. The average molecular weight is 386 g/mol. The van der Waals surface area contributed by atoms with Crippen molar-refractivity contribution in [2.45, 2.75) is 38.1 Å². The smallest absolute Gasteiger partial charge is 0.254 e. The van der Waals surface area contributed by atoms with E-state index in [1.54, 1.807) is 20.3 Å². The van der Waals surface area contributed by atoms with E-state index in [4.69, 9.17) is 15.2 Å². The summed E-state index contributed by atoms with van der Waals surface area (Å²) in [6.45, 7) is 3.40. The molecule has 2 heterocycles. The number of aryl methyl sites for hydroxylation is 2. The number of carbonyl (C=O) groups excluding carboxylic acids is 1. The highest BCUT2D eigenvalue weighted by molar-refractivity contribution is 5.97. The number of hydrogen-bond acceptors (Lipinski definition) is 4. The zero-order chi connectivity index (χ0) is 20.3. The third kappa shape index (κ3) is 4.17. The molecule has 2 aromatic rings. The number of rotatable bonds is 8. The van der Waals surface area contributed by atoms with Crippen molar-refractivity contribution in [2.24, 2.45) is 12.8 Å². The molecule has 0 aliphatic carbocycles. The van der Waals surface area contributed by atoms with E-state index < -0.39 is 0 Å². The summed E-state index contributed by atoms with van der Waals surface area (Å²) < 4.78 is 13.0. The third-order valence-corrected chi connectivity index (χ3v) is 5.75. The van der Waals surface area contributed by atoms with Crippen LogP contribution in [-0.2, 0) is 19.9 Å². The van der Waals surface area contributed by atoms with Crippen molar-refractivity contribution in [3.63, 3.8) is 0 Å². The van der Waals surface area contributed by atoms with E-state index in [2.05, 4.69) is 36.9 Å². The first-order chi connectivity index (χ1) is 13.4. The van der Waals surface area contributed by atoms with Gasteiger partial charge in [-0.2, -0.15) is 0 Å². The molecule has 1 aliphatic heterocycles. The van der Waals surface area contributed by atoms with Crippen LogP contribution in [0.25, 0.3) is 0 Å². The monoisotopic (exact) mass is 385 g/mol. The van der Waals surface area contributed by atoms with E-state index in [-0.39, 0.29) is 11.4 Å². The molecule has 1 amide bonds. The molecular formula is C22H31N3O3. The Morgan fingerprint density at radius 2 is 1.96 bits per heavy atom. The SMILES string of the molecule is COc1ccc2c(c1OC)CCN(CCC(C)(N)CCc1cccn1C)C2=O. The molecule has 2 N–H and O–H groups in total. The summed E-state index contributed by atoms with van der Waals surface area (Å²) in [5.41, 5.74) is 9.13. The third-order valence-electron chi connectivity index (χ3n) is 5.75. The van der Waals surface area contributed by atoms with Crippen LogP contribution < -0.4 is 15.2 Å². The largest absolute Gasteiger partial charge is 0.493 e. The Kier molecular flexibility index (Phi) is 5.98. The van der Waals surface area contributed by atoms with Crippen molar-refractivity contribution in [2.75, 3.05) is 27.3 Å². The summed E-state index contributed by atoms with van der Waals surface area (Å²) in [5.74, 6) is 1.37. The van der Waals surface area contributed by atoms with Gasteiger partial charge in [-0.05, 0) is 56.9 Å². The molecule has 0 saturated carbocycles. The van der Waals surface area contributed by atoms with Gasteiger partial charge in [-0.3, -0.25) is 4.79 Å². The Labute approximate surface area is 167 Å². The van der Waals surface area contributed by atoms with Crippen molar-refractivity contribution in [3.8, 4) is 11.5 Å². The minimum atomic E-state index is -0.317. The Morgan fingerprint density at radius 3 is 2.61 bits per heavy atom. The molecule has 1 unspecified atom stereocenters. The topological polar surface area (TPSA) is 69.7 Å². The van der Waals surface area contributed by atoms with E-state index in [0.717, 1.165) is 31.2 Å². The standard InChI is InChI=1S/C22H31N3O3/c1-22(23,11-9-16-6-5-13-24(16)2)12-15-25-14-10-17-18(21(25)26)7-8-19(27-3)20(17)28-4/h5-8,13H,9-12,14-15,23H2,1-4H3. The first-order valence-corrected chi connectivity index (χ1v) is 9.78. The van der Waals surface area contributed by atoms with Crippen molar-refractivity contribution >= 4 is 5.91 Å². The fourth-order valence-electron chi connectivity index (χ4n) is 3.86. The van der Waals surface area contributed by atoms with Crippen LogP contribution in [0.4, 0.5) is 0 Å². The summed E-state index contributed by atoms with van der Waals surface area (Å²) in [4.78, 5) is 14.9. The van der Waals surface area contributed by atoms with Gasteiger partial charge >= 0.3 is 0 Å². The molecule has 0 bridgehead atoms. The van der Waals surface area contributed by atoms with Crippen molar-refractivity contribution in [1.82, 2.24) is 9.47 Å². The molecule has 0 radical (unpaired) electrons. The van der Waals surface area contributed by atoms with Crippen LogP contribution in [0.2, 0.25) is 0 Å². The first kappa shape index (κ1) is 20.3. The number of methoxy groups -OCH3 is 2. The van der Waals surface area contributed by atoms with Gasteiger partial charge in [0, 0.05) is 48.7 Å². The lowest BCUT2D eigenvalue weighted by Gasteiger charge is -2.33. The van der Waals surface area contributed by atoms with Crippen LogP contribution >= 0.6 is 0 Å². The average Bonchev–Trinajstić information content (AvgIpc) is 3.10. The zero-order valence-corrected chi connectivity index (χ0v) is 17.3. The summed E-state index contributed by atoms with van der Waals surface area (Å²) in [7, 11) is 5.27. The van der Waals surface area contributed by atoms with Crippen LogP contribution in [0, 0.1) is 0 Å². The Balaban J connectivity index is 1.63. The number of carbonyl (C=O) groups is 1. The normalized spacial score (nSPS) is 15.9. The highest BCUT2D eigenvalue weighted by Crippen LogP contribution is 2.36. The van der Waals surface area contributed by atoms with Crippen LogP contribution in [0.5, 0.6) is 11.5 Å². The van der Waals surface area contributed by atoms with Gasteiger partial charge < -0.3 is 24.7 Å². The van der Waals surface area contributed by atoms with Gasteiger partial charge in [0.25, 0.3) is 5.91 Å². The minimum Gasteiger partial charge on any atom is -0.493 e. The van der Waals surface area contributed by atoms with Gasteiger partial charge in [-0.1, -0.05) is 0 Å². The maximum absolute atomic E-state index is 13.0. The molecule has 28 heavy (non-hydrogen) atoms. The fourth-order valence-corrected chi connectivity index (χ4v) is 3.86. The number of nitrogens with two attached hydrogens (primary N) is 1. The Bertz CT molecular complexity index is 842. The zero-order valence-electron chi connectivity index (χ0n) is 17.3. The van der Waals surface area contributed by atoms with Crippen LogP contribution in [0.15, 0.2) is 30.5 Å². The number of aromatic nitrogens is 1. The second-order valence-corrected chi connectivity index (χ2v) is 7.88. The van der Waals surface area contributed by atoms with E-state index in [9.17, 15) is 4.79 Å². The lowest BCUT2D eigenvalue weighted by molar-refractivity contribution is 0.0725. The van der Waals surface area contributed by atoms with E-state index in [1.165, 1.54) is 5.69 Å². The van der Waals surface area contributed by atoms with E-state index in [0.29, 0.717) is 30.2 Å². The number of fused-ring (bicyclic) bond motifs is 1. The maximum Gasteiger partial charge on any atom is 0.254 e. The lowest BCUT2D eigenvalue weighted by Crippen LogP contribution is -2.44. The highest BCUT2D eigenvalue weighted by atomic mass is 16.5. The van der Waals surface area contributed by atoms with Crippen molar-refractivity contribution in [3.05, 3.63) is 47.3 Å². The molecule has 0 spiro atoms. The molecule has 6 nitrogen and oxygen atoms in total. The van der Waals surface area contributed by atoms with Crippen LogP contribution in [0.1, 0.15) is 41.4 Å². The quantitative estimate of drug-likeness (QED) is 0.759. The summed E-state index contributed by atoms with van der Waals surface area (Å²) in [6, 6.07) is 7.81. The number of amides is 1. The number of nitrogens with zero attached hydrogens (tertiary/aromatic N) is 2. The van der Waals surface area contributed by atoms with Gasteiger partial charge in [-0.25, -0.2) is 0 Å². The molecule has 1 aromatic carbocycles. The van der Waals surface area contributed by atoms with Crippen molar-refractivity contribution < 1.29 is 14.3 Å². The van der Waals surface area contributed by atoms with Gasteiger partial charge in [0.1, 0.15) is 0 Å². The Hall–Kier alpha value is -2.47. The predicted molar refractivity (Wildman–Crippen MR) is 110 cm³/mol. The second-order valence-electron chi connectivity index (χ2n) is 7.88. The molecule has 1 aromatic heterocycles. The van der Waals surface area contributed by atoms with Gasteiger partial charge in [-0.15, -0.1) is 0 Å². The molecule has 0 fully saturated rings. The summed E-state index contributed by atoms with van der Waals surface area (Å²) in [5, 5.41) is 0. The fraction of sp³-hybridized carbons (Fsp3) is 0.500.